The van der Waals surface area contributed by atoms with E-state index < -0.39 is 82.3 Å². The third-order valence-corrected chi connectivity index (χ3v) is 10.5. The fourth-order valence-electron chi connectivity index (χ4n) is 8.00. The van der Waals surface area contributed by atoms with Crippen LogP contribution in [-0.4, -0.2) is 94.1 Å². The van der Waals surface area contributed by atoms with Crippen LogP contribution in [0.5, 0.6) is 0 Å². The first-order chi connectivity index (χ1) is 21.1. The normalized spacial score (nSPS) is 38.3. The fraction of sp³-hybridized carbons (Fsp3) is 0.576. The highest BCUT2D eigenvalue weighted by Gasteiger charge is 2.78. The molecule has 0 spiro atoms. The van der Waals surface area contributed by atoms with E-state index in [2.05, 4.69) is 6.58 Å². The van der Waals surface area contributed by atoms with Crippen LogP contribution in [0.15, 0.2) is 54.1 Å². The lowest BCUT2D eigenvalue weighted by molar-refractivity contribution is -0.345. The van der Waals surface area contributed by atoms with Crippen molar-refractivity contribution in [3.63, 3.8) is 0 Å². The molecule has 1 aromatic carbocycles. The molecule has 3 N–H and O–H groups in total. The number of hydrogen-bond acceptors (Lipinski definition) is 12. The number of fused-ring (bicyclic) bond motifs is 5. The number of benzene rings is 1. The Morgan fingerprint density at radius 1 is 1.11 bits per heavy atom. The Balaban J connectivity index is 1.80. The number of rotatable bonds is 6. The summed E-state index contributed by atoms with van der Waals surface area (Å²) < 4.78 is 28.6. The van der Waals surface area contributed by atoms with Gasteiger partial charge in [0.2, 0.25) is 0 Å². The monoisotopic (exact) mass is 628 g/mol. The third-order valence-electron chi connectivity index (χ3n) is 10.5. The summed E-state index contributed by atoms with van der Waals surface area (Å²) in [6.45, 7) is 10.4. The van der Waals surface area contributed by atoms with Gasteiger partial charge < -0.3 is 39.0 Å². The van der Waals surface area contributed by atoms with E-state index in [9.17, 15) is 34.5 Å². The average Bonchev–Trinajstić information content (AvgIpc) is 2.98. The standard InChI is InChI=1S/C33H40O12/c1-7-13-41-29(39)43-24-23-17(2)20(35)15-33(40,30(23,4)5)27(44-28(38)19-11-9-8-10-12-19)25-31(6,26(24)37)21(36)14-22-32(25,16-42-22)45-18(3)34/h7-12,20-22,24-25,27,35-36,40H,1,13-16H2,2-6H3/t20-,21-,22+,24+,25?,27?,31+,32-,33+/m0/s1. The number of ketones is 1. The summed E-state index contributed by atoms with van der Waals surface area (Å²) in [5.74, 6) is -3.81. The molecule has 5 rings (SSSR count). The molecule has 1 heterocycles. The van der Waals surface area contributed by atoms with Gasteiger partial charge in [-0.05, 0) is 37.1 Å². The first-order valence-corrected chi connectivity index (χ1v) is 14.9. The summed E-state index contributed by atoms with van der Waals surface area (Å²) >= 11 is 0. The molecule has 9 atom stereocenters. The van der Waals surface area contributed by atoms with Gasteiger partial charge in [-0.1, -0.05) is 44.7 Å². The highest BCUT2D eigenvalue weighted by molar-refractivity contribution is 5.95. The minimum Gasteiger partial charge on any atom is -0.455 e. The Kier molecular flexibility index (Phi) is 8.27. The van der Waals surface area contributed by atoms with E-state index in [1.807, 2.05) is 0 Å². The molecule has 1 aromatic rings. The lowest BCUT2D eigenvalue weighted by atomic mass is 9.44. The van der Waals surface area contributed by atoms with E-state index in [1.54, 1.807) is 39.0 Å². The molecule has 4 aliphatic rings. The molecule has 12 nitrogen and oxygen atoms in total. The van der Waals surface area contributed by atoms with Gasteiger partial charge in [0, 0.05) is 25.2 Å². The predicted molar refractivity (Wildman–Crippen MR) is 156 cm³/mol. The van der Waals surface area contributed by atoms with E-state index >= 15 is 0 Å². The zero-order chi connectivity index (χ0) is 33.1. The van der Waals surface area contributed by atoms with Crippen molar-refractivity contribution in [2.24, 2.45) is 16.7 Å². The van der Waals surface area contributed by atoms with Crippen LogP contribution in [-0.2, 0) is 33.3 Å². The van der Waals surface area contributed by atoms with Crippen molar-refractivity contribution in [2.75, 3.05) is 13.2 Å². The van der Waals surface area contributed by atoms with Crippen LogP contribution in [0.2, 0.25) is 0 Å². The summed E-state index contributed by atoms with van der Waals surface area (Å²) in [5, 5.41) is 36.1. The topological polar surface area (TPSA) is 175 Å². The number of carbonyl (C=O) groups is 4. The highest BCUT2D eigenvalue weighted by atomic mass is 16.7. The van der Waals surface area contributed by atoms with Crippen LogP contribution in [0.25, 0.3) is 0 Å². The zero-order valence-corrected chi connectivity index (χ0v) is 26.0. The van der Waals surface area contributed by atoms with Gasteiger partial charge in [-0.2, -0.15) is 0 Å². The van der Waals surface area contributed by atoms with Gasteiger partial charge in [0.25, 0.3) is 0 Å². The van der Waals surface area contributed by atoms with Gasteiger partial charge in [-0.15, -0.1) is 0 Å². The fourth-order valence-corrected chi connectivity index (χ4v) is 8.00. The zero-order valence-electron chi connectivity index (χ0n) is 26.0. The van der Waals surface area contributed by atoms with Crippen LogP contribution in [0.4, 0.5) is 4.79 Å². The minimum absolute atomic E-state index is 0.0745. The molecule has 2 bridgehead atoms. The Morgan fingerprint density at radius 2 is 1.78 bits per heavy atom. The first-order valence-electron chi connectivity index (χ1n) is 14.9. The molecular formula is C33H40O12. The second-order valence-corrected chi connectivity index (χ2v) is 13.1. The molecule has 0 aromatic heterocycles. The van der Waals surface area contributed by atoms with Crippen molar-refractivity contribution in [3.8, 4) is 0 Å². The average molecular weight is 629 g/mol. The molecule has 244 valence electrons. The van der Waals surface area contributed by atoms with Crippen LogP contribution >= 0.6 is 0 Å². The van der Waals surface area contributed by atoms with Crippen LogP contribution in [0.1, 0.15) is 57.8 Å². The van der Waals surface area contributed by atoms with E-state index in [0.29, 0.717) is 0 Å². The molecule has 12 heteroatoms. The van der Waals surface area contributed by atoms with Gasteiger partial charge in [-0.25, -0.2) is 9.59 Å². The molecule has 3 aliphatic carbocycles. The maximum atomic E-state index is 15.0. The summed E-state index contributed by atoms with van der Waals surface area (Å²) in [4.78, 5) is 54.3. The molecule has 2 saturated carbocycles. The van der Waals surface area contributed by atoms with Crippen molar-refractivity contribution < 1.29 is 58.2 Å². The second-order valence-electron chi connectivity index (χ2n) is 13.1. The number of aliphatic hydroxyl groups is 3. The number of carbonyl (C=O) groups excluding carboxylic acids is 4. The van der Waals surface area contributed by atoms with Gasteiger partial charge in [-0.3, -0.25) is 9.59 Å². The maximum absolute atomic E-state index is 15.0. The Bertz CT molecular complexity index is 1430. The number of esters is 2. The van der Waals surface area contributed by atoms with Crippen molar-refractivity contribution in [1.29, 1.82) is 0 Å². The van der Waals surface area contributed by atoms with Gasteiger partial charge in [0.15, 0.2) is 17.5 Å². The summed E-state index contributed by atoms with van der Waals surface area (Å²) in [6, 6.07) is 8.00. The number of ether oxygens (including phenoxy) is 5. The predicted octanol–water partition coefficient (Wildman–Crippen LogP) is 2.43. The highest BCUT2D eigenvalue weighted by Crippen LogP contribution is 2.64. The molecule has 45 heavy (non-hydrogen) atoms. The van der Waals surface area contributed by atoms with Gasteiger partial charge in [0.05, 0.1) is 35.7 Å². The smallest absolute Gasteiger partial charge is 0.455 e. The second kappa shape index (κ2) is 11.3. The number of Topliss-reactive ketones (excluding diaryl/α,β-unsaturated/α-hetero) is 1. The Labute approximate surface area is 260 Å². The molecule has 3 fully saturated rings. The number of aliphatic hydroxyl groups excluding tert-OH is 2. The number of hydrogen-bond donors (Lipinski definition) is 3. The lowest BCUT2D eigenvalue weighted by Crippen LogP contribution is -2.81. The first kappa shape index (κ1) is 32.8. The van der Waals surface area contributed by atoms with E-state index in [0.717, 1.165) is 0 Å². The largest absolute Gasteiger partial charge is 0.509 e. The molecule has 0 radical (unpaired) electrons. The molecular weight excluding hydrogens is 588 g/mol. The van der Waals surface area contributed by atoms with Crippen molar-refractivity contribution in [3.05, 3.63) is 59.7 Å². The van der Waals surface area contributed by atoms with Crippen LogP contribution < -0.4 is 0 Å². The van der Waals surface area contributed by atoms with Gasteiger partial charge in [0.1, 0.15) is 24.4 Å². The van der Waals surface area contributed by atoms with Crippen molar-refractivity contribution >= 4 is 23.9 Å². The molecule has 1 saturated heterocycles. The molecule has 1 aliphatic heterocycles. The summed E-state index contributed by atoms with van der Waals surface area (Å²) in [6.07, 6.45) is -7.61. The minimum atomic E-state index is -2.17. The Hall–Kier alpha value is -3.58. The summed E-state index contributed by atoms with van der Waals surface area (Å²) in [7, 11) is 0. The van der Waals surface area contributed by atoms with Crippen LogP contribution in [0, 0.1) is 16.7 Å². The SMILES string of the molecule is C=CCOC(=O)O[C@H]1C(=O)[C@@]2(C)C(C(OC(=O)c3ccccc3)[C@]3(O)C[C@H](O)C(C)=C1C3(C)C)[C@]1(OC(C)=O)CO[C@@H]1C[C@@H]2O. The van der Waals surface area contributed by atoms with E-state index in [1.165, 1.54) is 32.1 Å². The van der Waals surface area contributed by atoms with E-state index in [-0.39, 0.29) is 42.8 Å². The van der Waals surface area contributed by atoms with Gasteiger partial charge >= 0.3 is 18.1 Å². The third kappa shape index (κ3) is 4.81. The molecule has 2 unspecified atom stereocenters. The lowest BCUT2D eigenvalue weighted by Gasteiger charge is -2.67. The quantitative estimate of drug-likeness (QED) is 0.239. The van der Waals surface area contributed by atoms with Crippen molar-refractivity contribution in [2.45, 2.75) is 89.2 Å². The molecule has 0 amide bonds. The van der Waals surface area contributed by atoms with E-state index in [4.69, 9.17) is 23.7 Å². The summed E-state index contributed by atoms with van der Waals surface area (Å²) in [5.41, 5.74) is -6.81. The van der Waals surface area contributed by atoms with Crippen molar-refractivity contribution in [1.82, 2.24) is 0 Å². The Morgan fingerprint density at radius 3 is 2.36 bits per heavy atom. The maximum Gasteiger partial charge on any atom is 0.509 e. The van der Waals surface area contributed by atoms with Crippen LogP contribution in [0.3, 0.4) is 0 Å².